The van der Waals surface area contributed by atoms with E-state index in [4.69, 9.17) is 5.73 Å². The molecule has 0 aliphatic rings. The van der Waals surface area contributed by atoms with E-state index in [1.165, 1.54) is 0 Å². The van der Waals surface area contributed by atoms with Crippen LogP contribution >= 0.6 is 0 Å². The van der Waals surface area contributed by atoms with Crippen molar-refractivity contribution in [3.8, 4) is 5.75 Å². The highest BCUT2D eigenvalue weighted by molar-refractivity contribution is 5.79. The van der Waals surface area contributed by atoms with Gasteiger partial charge in [-0.05, 0) is 0 Å². The number of nitrogen functional groups attached to an aromatic ring is 1. The fourth-order valence-corrected chi connectivity index (χ4v) is 1.07. The first-order chi connectivity index (χ1) is 7.76. The summed E-state index contributed by atoms with van der Waals surface area (Å²) in [5, 5.41) is 0. The van der Waals surface area contributed by atoms with E-state index in [1.54, 1.807) is 0 Å². The number of anilines is 1. The Bertz CT molecular complexity index is 433. The molecule has 0 aromatic carbocycles. The van der Waals surface area contributed by atoms with Crippen LogP contribution < -0.4 is 10.5 Å². The van der Waals surface area contributed by atoms with E-state index in [0.717, 1.165) is 0 Å². The molecule has 0 atom stereocenters. The van der Waals surface area contributed by atoms with Gasteiger partial charge in [0.25, 0.3) is 6.43 Å². The molecule has 94 valence electrons. The fourth-order valence-electron chi connectivity index (χ4n) is 1.07. The van der Waals surface area contributed by atoms with Crippen LogP contribution in [0.15, 0.2) is 6.20 Å². The van der Waals surface area contributed by atoms with Gasteiger partial charge < -0.3 is 10.5 Å². The Morgan fingerprint density at radius 2 is 2.00 bits per heavy atom. The lowest BCUT2D eigenvalue weighted by atomic mass is 10.1. The van der Waals surface area contributed by atoms with Crippen LogP contribution in [0.3, 0.4) is 0 Å². The topological polar surface area (TPSA) is 65.2 Å². The summed E-state index contributed by atoms with van der Waals surface area (Å²) >= 11 is 0. The van der Waals surface area contributed by atoms with Crippen molar-refractivity contribution in [2.75, 3.05) is 5.73 Å². The predicted molar refractivity (Wildman–Crippen MR) is 45.7 cm³/mol. The molecule has 0 aliphatic carbocycles. The van der Waals surface area contributed by atoms with E-state index >= 15 is 0 Å². The fraction of sp³-hybridized carbons (Fsp3) is 0.250. The minimum absolute atomic E-state index is 0.0325. The first-order valence-electron chi connectivity index (χ1n) is 4.03. The summed E-state index contributed by atoms with van der Waals surface area (Å²) in [6.07, 6.45) is -7.90. The van der Waals surface area contributed by atoms with Gasteiger partial charge in [-0.15, -0.1) is 13.2 Å². The van der Waals surface area contributed by atoms with E-state index in [2.05, 4.69) is 9.72 Å². The number of aromatic nitrogens is 1. The number of halogens is 5. The maximum atomic E-state index is 12.5. The van der Waals surface area contributed by atoms with Gasteiger partial charge in [0.2, 0.25) is 0 Å². The third kappa shape index (κ3) is 3.02. The van der Waals surface area contributed by atoms with Crippen LogP contribution in [0.1, 0.15) is 22.5 Å². The van der Waals surface area contributed by atoms with Gasteiger partial charge in [-0.25, -0.2) is 13.8 Å². The van der Waals surface area contributed by atoms with Crippen molar-refractivity contribution in [3.63, 3.8) is 0 Å². The lowest BCUT2D eigenvalue weighted by molar-refractivity contribution is -0.274. The lowest BCUT2D eigenvalue weighted by Crippen LogP contribution is -2.19. The van der Waals surface area contributed by atoms with Gasteiger partial charge in [0, 0.05) is 0 Å². The molecule has 9 heteroatoms. The number of carbonyl (C=O) groups is 1. The van der Waals surface area contributed by atoms with Crippen LogP contribution in [-0.4, -0.2) is 17.6 Å². The quantitative estimate of drug-likeness (QED) is 0.665. The summed E-state index contributed by atoms with van der Waals surface area (Å²) in [5.74, 6) is -1.07. The van der Waals surface area contributed by atoms with Crippen LogP contribution in [-0.2, 0) is 0 Å². The molecule has 0 bridgehead atoms. The normalized spacial score (nSPS) is 11.6. The average molecular weight is 256 g/mol. The summed E-state index contributed by atoms with van der Waals surface area (Å²) in [7, 11) is 0. The molecule has 1 aromatic heterocycles. The molecule has 1 aromatic rings. The number of pyridine rings is 1. The highest BCUT2D eigenvalue weighted by Gasteiger charge is 2.33. The van der Waals surface area contributed by atoms with E-state index < -0.39 is 35.5 Å². The van der Waals surface area contributed by atoms with Crippen LogP contribution in [0.2, 0.25) is 0 Å². The third-order valence-electron chi connectivity index (χ3n) is 1.71. The Hall–Kier alpha value is -1.93. The standard InChI is InChI=1S/C8H5F5N2O2/c9-7(10)5-3(2-16)15-1-4(6(5)14)17-8(11,12)13/h1-2,7H,(H2,14,15). The SMILES string of the molecule is Nc1c(OC(F)(F)F)cnc(C=O)c1C(F)F. The summed E-state index contributed by atoms with van der Waals surface area (Å²) in [6, 6.07) is 0. The minimum atomic E-state index is -5.09. The number of hydrogen-bond acceptors (Lipinski definition) is 4. The van der Waals surface area contributed by atoms with Crippen LogP contribution in [0.4, 0.5) is 27.6 Å². The second-order valence-corrected chi connectivity index (χ2v) is 2.80. The van der Waals surface area contributed by atoms with Gasteiger partial charge >= 0.3 is 6.36 Å². The highest BCUT2D eigenvalue weighted by atomic mass is 19.4. The van der Waals surface area contributed by atoms with Crippen molar-refractivity contribution in [2.45, 2.75) is 12.8 Å². The summed E-state index contributed by atoms with van der Waals surface area (Å²) in [5.41, 5.74) is 2.29. The Morgan fingerprint density at radius 1 is 1.41 bits per heavy atom. The second-order valence-electron chi connectivity index (χ2n) is 2.80. The van der Waals surface area contributed by atoms with Crippen molar-refractivity contribution >= 4 is 12.0 Å². The maximum absolute atomic E-state index is 12.5. The number of nitrogens with zero attached hydrogens (tertiary/aromatic N) is 1. The predicted octanol–water partition coefficient (Wildman–Crippen LogP) is 2.31. The number of carbonyl (C=O) groups excluding carboxylic acids is 1. The molecule has 1 heterocycles. The summed E-state index contributed by atoms with van der Waals surface area (Å²) in [6.45, 7) is 0. The number of alkyl halides is 5. The Morgan fingerprint density at radius 3 is 2.41 bits per heavy atom. The van der Waals surface area contributed by atoms with Crippen molar-refractivity contribution < 1.29 is 31.5 Å². The molecule has 4 nitrogen and oxygen atoms in total. The van der Waals surface area contributed by atoms with E-state index in [9.17, 15) is 26.7 Å². The molecular weight excluding hydrogens is 251 g/mol. The zero-order chi connectivity index (χ0) is 13.2. The highest BCUT2D eigenvalue weighted by Crippen LogP contribution is 2.35. The van der Waals surface area contributed by atoms with Crippen LogP contribution in [0, 0.1) is 0 Å². The largest absolute Gasteiger partial charge is 0.573 e. The number of aldehydes is 1. The summed E-state index contributed by atoms with van der Waals surface area (Å²) < 4.78 is 64.0. The Balaban J connectivity index is 3.28. The zero-order valence-electron chi connectivity index (χ0n) is 7.96. The molecule has 0 aliphatic heterocycles. The first-order valence-corrected chi connectivity index (χ1v) is 4.03. The minimum Gasteiger partial charge on any atom is -0.402 e. The molecule has 0 saturated heterocycles. The van der Waals surface area contributed by atoms with Crippen LogP contribution in [0.5, 0.6) is 5.75 Å². The molecule has 17 heavy (non-hydrogen) atoms. The molecule has 0 saturated carbocycles. The van der Waals surface area contributed by atoms with Crippen molar-refractivity contribution in [1.82, 2.24) is 4.98 Å². The van der Waals surface area contributed by atoms with Crippen molar-refractivity contribution in [3.05, 3.63) is 17.5 Å². The Kier molecular flexibility index (Phi) is 3.49. The number of rotatable bonds is 3. The van der Waals surface area contributed by atoms with Gasteiger partial charge in [0.15, 0.2) is 12.0 Å². The maximum Gasteiger partial charge on any atom is 0.573 e. The van der Waals surface area contributed by atoms with Crippen LogP contribution in [0.25, 0.3) is 0 Å². The summed E-state index contributed by atoms with van der Waals surface area (Å²) in [4.78, 5) is 13.5. The van der Waals surface area contributed by atoms with Gasteiger partial charge in [0.1, 0.15) is 5.69 Å². The van der Waals surface area contributed by atoms with Gasteiger partial charge in [-0.3, -0.25) is 4.79 Å². The van der Waals surface area contributed by atoms with Crippen molar-refractivity contribution in [2.24, 2.45) is 0 Å². The van der Waals surface area contributed by atoms with Crippen molar-refractivity contribution in [1.29, 1.82) is 0 Å². The molecule has 2 N–H and O–H groups in total. The van der Waals surface area contributed by atoms with Gasteiger partial charge in [-0.2, -0.15) is 0 Å². The molecular formula is C8H5F5N2O2. The Labute approximate surface area is 91.2 Å². The molecule has 0 unspecified atom stereocenters. The lowest BCUT2D eigenvalue weighted by Gasteiger charge is -2.14. The second kappa shape index (κ2) is 4.52. The van der Waals surface area contributed by atoms with E-state index in [-0.39, 0.29) is 6.29 Å². The smallest absolute Gasteiger partial charge is 0.402 e. The first kappa shape index (κ1) is 13.1. The number of hydrogen-bond donors (Lipinski definition) is 1. The monoisotopic (exact) mass is 256 g/mol. The number of ether oxygens (including phenoxy) is 1. The van der Waals surface area contributed by atoms with Gasteiger partial charge in [0.05, 0.1) is 17.4 Å². The van der Waals surface area contributed by atoms with E-state index in [1.807, 2.05) is 0 Å². The number of nitrogens with two attached hydrogens (primary N) is 1. The molecule has 0 amide bonds. The molecule has 0 spiro atoms. The third-order valence-corrected chi connectivity index (χ3v) is 1.71. The molecule has 0 fully saturated rings. The average Bonchev–Trinajstić information content (AvgIpc) is 2.18. The van der Waals surface area contributed by atoms with E-state index in [0.29, 0.717) is 6.20 Å². The molecule has 0 radical (unpaired) electrons. The van der Waals surface area contributed by atoms with Gasteiger partial charge in [-0.1, -0.05) is 0 Å². The zero-order valence-corrected chi connectivity index (χ0v) is 7.96. The molecule has 1 rings (SSSR count).